The van der Waals surface area contributed by atoms with E-state index in [1.54, 1.807) is 7.11 Å². The highest BCUT2D eigenvalue weighted by molar-refractivity contribution is 9.10. The lowest BCUT2D eigenvalue weighted by Gasteiger charge is -2.14. The Kier molecular flexibility index (Phi) is 5.42. The van der Waals surface area contributed by atoms with E-state index in [9.17, 15) is 9.90 Å². The summed E-state index contributed by atoms with van der Waals surface area (Å²) in [6.07, 6.45) is 0.430. The molecular weight excluding hydrogens is 400 g/mol. The van der Waals surface area contributed by atoms with Crippen LogP contribution in [0.2, 0.25) is 0 Å². The quantitative estimate of drug-likeness (QED) is 0.777. The molecule has 0 radical (unpaired) electrons. The van der Waals surface area contributed by atoms with Gasteiger partial charge in [0.2, 0.25) is 0 Å². The number of hydrogen-bond acceptors (Lipinski definition) is 2. The van der Waals surface area contributed by atoms with E-state index in [0.717, 1.165) is 25.8 Å². The summed E-state index contributed by atoms with van der Waals surface area (Å²) in [4.78, 5) is 11.5. The van der Waals surface area contributed by atoms with Gasteiger partial charge in [0, 0.05) is 4.47 Å². The molecule has 0 aliphatic heterocycles. The van der Waals surface area contributed by atoms with Crippen LogP contribution < -0.4 is 4.74 Å². The molecule has 21 heavy (non-hydrogen) atoms. The van der Waals surface area contributed by atoms with Gasteiger partial charge in [-0.3, -0.25) is 4.79 Å². The number of ether oxygens (including phenoxy) is 1. The summed E-state index contributed by atoms with van der Waals surface area (Å²) in [7, 11) is 1.60. The van der Waals surface area contributed by atoms with Crippen molar-refractivity contribution in [1.82, 2.24) is 0 Å². The van der Waals surface area contributed by atoms with Crippen LogP contribution in [0.25, 0.3) is 0 Å². The molecule has 1 unspecified atom stereocenters. The highest BCUT2D eigenvalue weighted by Gasteiger charge is 2.20. The molecule has 0 bridgehead atoms. The predicted molar refractivity (Wildman–Crippen MR) is 88.9 cm³/mol. The summed E-state index contributed by atoms with van der Waals surface area (Å²) >= 11 is 6.78. The van der Waals surface area contributed by atoms with Crippen LogP contribution in [-0.4, -0.2) is 18.2 Å². The molecule has 0 amide bonds. The number of halogens is 2. The molecule has 2 rings (SSSR count). The molecule has 2 aromatic rings. The Labute approximate surface area is 140 Å². The second-order valence-corrected chi connectivity index (χ2v) is 6.39. The minimum absolute atomic E-state index is 0.430. The van der Waals surface area contributed by atoms with Gasteiger partial charge in [-0.25, -0.2) is 0 Å². The van der Waals surface area contributed by atoms with Gasteiger partial charge in [0.25, 0.3) is 0 Å². The number of hydrogen-bond donors (Lipinski definition) is 1. The molecule has 2 aromatic carbocycles. The normalized spacial score (nSPS) is 12.0. The summed E-state index contributed by atoms with van der Waals surface area (Å²) in [5.74, 6) is -0.670. The predicted octanol–water partition coefficient (Wildman–Crippen LogP) is 4.63. The second-order valence-electron chi connectivity index (χ2n) is 4.62. The van der Waals surface area contributed by atoms with E-state index < -0.39 is 11.9 Å². The van der Waals surface area contributed by atoms with Gasteiger partial charge in [-0.1, -0.05) is 34.1 Å². The van der Waals surface area contributed by atoms with Crippen LogP contribution >= 0.6 is 31.9 Å². The Morgan fingerprint density at radius 3 is 2.38 bits per heavy atom. The smallest absolute Gasteiger partial charge is 0.311 e. The van der Waals surface area contributed by atoms with E-state index in [0.29, 0.717) is 6.42 Å². The Bertz CT molecular complexity index is 638. The van der Waals surface area contributed by atoms with Crippen molar-refractivity contribution in [1.29, 1.82) is 0 Å². The molecule has 1 N–H and O–H groups in total. The standard InChI is InChI=1S/C16H14Br2O3/c1-21-15-7-2-10(9-14(15)18)8-13(16(19)20)11-3-5-12(17)6-4-11/h2-7,9,13H,8H2,1H3,(H,19,20). The molecular formula is C16H14Br2O3. The van der Waals surface area contributed by atoms with E-state index >= 15 is 0 Å². The summed E-state index contributed by atoms with van der Waals surface area (Å²) < 4.78 is 6.94. The van der Waals surface area contributed by atoms with Gasteiger partial charge in [0.1, 0.15) is 5.75 Å². The van der Waals surface area contributed by atoms with Crippen molar-refractivity contribution >= 4 is 37.8 Å². The van der Waals surface area contributed by atoms with Gasteiger partial charge in [0.05, 0.1) is 17.5 Å². The topological polar surface area (TPSA) is 46.5 Å². The molecule has 0 fully saturated rings. The Balaban J connectivity index is 2.26. The Morgan fingerprint density at radius 2 is 1.86 bits per heavy atom. The van der Waals surface area contributed by atoms with Crippen LogP contribution in [0.15, 0.2) is 51.4 Å². The first-order valence-electron chi connectivity index (χ1n) is 6.32. The first-order valence-corrected chi connectivity index (χ1v) is 7.90. The summed E-state index contributed by atoms with van der Waals surface area (Å²) in [6, 6.07) is 13.0. The van der Waals surface area contributed by atoms with Crippen LogP contribution in [0.1, 0.15) is 17.0 Å². The molecule has 0 saturated carbocycles. The lowest BCUT2D eigenvalue weighted by Crippen LogP contribution is -2.14. The zero-order valence-electron chi connectivity index (χ0n) is 11.3. The van der Waals surface area contributed by atoms with E-state index in [2.05, 4.69) is 31.9 Å². The molecule has 0 heterocycles. The fourth-order valence-corrected chi connectivity index (χ4v) is 2.97. The monoisotopic (exact) mass is 412 g/mol. The van der Waals surface area contributed by atoms with Crippen LogP contribution in [0.5, 0.6) is 5.75 Å². The van der Waals surface area contributed by atoms with Crippen LogP contribution in [0.3, 0.4) is 0 Å². The summed E-state index contributed by atoms with van der Waals surface area (Å²) in [6.45, 7) is 0. The molecule has 1 atom stereocenters. The van der Waals surface area contributed by atoms with Gasteiger partial charge in [-0.15, -0.1) is 0 Å². The second kappa shape index (κ2) is 7.09. The first kappa shape index (κ1) is 16.0. The molecule has 110 valence electrons. The molecule has 0 aliphatic rings. The SMILES string of the molecule is COc1ccc(CC(C(=O)O)c2ccc(Br)cc2)cc1Br. The van der Waals surface area contributed by atoms with Gasteiger partial charge < -0.3 is 9.84 Å². The number of benzene rings is 2. The van der Waals surface area contributed by atoms with Crippen LogP contribution in [0, 0.1) is 0 Å². The third-order valence-electron chi connectivity index (χ3n) is 3.23. The van der Waals surface area contributed by atoms with Crippen molar-refractivity contribution in [3.63, 3.8) is 0 Å². The van der Waals surface area contributed by atoms with E-state index in [1.807, 2.05) is 42.5 Å². The summed E-state index contributed by atoms with van der Waals surface area (Å²) in [5.41, 5.74) is 1.73. The number of carboxylic acids is 1. The average molecular weight is 414 g/mol. The Hall–Kier alpha value is -1.33. The molecule has 0 aromatic heterocycles. The third kappa shape index (κ3) is 4.08. The third-order valence-corrected chi connectivity index (χ3v) is 4.37. The zero-order valence-corrected chi connectivity index (χ0v) is 14.5. The van der Waals surface area contributed by atoms with Crippen LogP contribution in [0.4, 0.5) is 0 Å². The van der Waals surface area contributed by atoms with Crippen LogP contribution in [-0.2, 0) is 11.2 Å². The molecule has 0 saturated heterocycles. The van der Waals surface area contributed by atoms with Crippen molar-refractivity contribution in [3.05, 3.63) is 62.5 Å². The number of carboxylic acid groups (broad SMARTS) is 1. The van der Waals surface area contributed by atoms with Gasteiger partial charge in [0.15, 0.2) is 0 Å². The van der Waals surface area contributed by atoms with E-state index in [1.165, 1.54) is 0 Å². The lowest BCUT2D eigenvalue weighted by atomic mass is 9.92. The fraction of sp³-hybridized carbons (Fsp3) is 0.188. The number of rotatable bonds is 5. The van der Waals surface area contributed by atoms with Crippen molar-refractivity contribution in [2.24, 2.45) is 0 Å². The average Bonchev–Trinajstić information content (AvgIpc) is 2.46. The van der Waals surface area contributed by atoms with Crippen molar-refractivity contribution in [2.75, 3.05) is 7.11 Å². The van der Waals surface area contributed by atoms with E-state index in [4.69, 9.17) is 4.74 Å². The molecule has 3 nitrogen and oxygen atoms in total. The van der Waals surface area contributed by atoms with Crippen molar-refractivity contribution in [2.45, 2.75) is 12.3 Å². The first-order chi connectivity index (χ1) is 10.0. The maximum Gasteiger partial charge on any atom is 0.311 e. The maximum atomic E-state index is 11.5. The molecule has 5 heteroatoms. The van der Waals surface area contributed by atoms with E-state index in [-0.39, 0.29) is 0 Å². The molecule has 0 spiro atoms. The van der Waals surface area contributed by atoms with Crippen molar-refractivity contribution < 1.29 is 14.6 Å². The fourth-order valence-electron chi connectivity index (χ4n) is 2.12. The minimum Gasteiger partial charge on any atom is -0.496 e. The zero-order chi connectivity index (χ0) is 15.4. The highest BCUT2D eigenvalue weighted by Crippen LogP contribution is 2.29. The number of methoxy groups -OCH3 is 1. The summed E-state index contributed by atoms with van der Waals surface area (Å²) in [5, 5.41) is 9.48. The van der Waals surface area contributed by atoms with Gasteiger partial charge >= 0.3 is 5.97 Å². The molecule has 0 aliphatic carbocycles. The highest BCUT2D eigenvalue weighted by atomic mass is 79.9. The number of carbonyl (C=O) groups is 1. The lowest BCUT2D eigenvalue weighted by molar-refractivity contribution is -0.138. The van der Waals surface area contributed by atoms with Crippen molar-refractivity contribution in [3.8, 4) is 5.75 Å². The van der Waals surface area contributed by atoms with Gasteiger partial charge in [-0.2, -0.15) is 0 Å². The maximum absolute atomic E-state index is 11.5. The number of aliphatic carboxylic acids is 1. The minimum atomic E-state index is -0.829. The largest absolute Gasteiger partial charge is 0.496 e. The van der Waals surface area contributed by atoms with Gasteiger partial charge in [-0.05, 0) is 57.7 Å². The Morgan fingerprint density at radius 1 is 1.19 bits per heavy atom.